The lowest BCUT2D eigenvalue weighted by atomic mass is 9.67. The Balaban J connectivity index is 1.77. The van der Waals surface area contributed by atoms with Crippen molar-refractivity contribution in [1.82, 2.24) is 0 Å². The number of ether oxygens (including phenoxy) is 1. The van der Waals surface area contributed by atoms with Crippen LogP contribution in [-0.4, -0.2) is 16.9 Å². The van der Waals surface area contributed by atoms with E-state index in [9.17, 15) is 13.6 Å². The number of esters is 1. The van der Waals surface area contributed by atoms with Crippen molar-refractivity contribution >= 4 is 21.9 Å². The van der Waals surface area contributed by atoms with Gasteiger partial charge < -0.3 is 4.74 Å². The van der Waals surface area contributed by atoms with Crippen LogP contribution < -0.4 is 0 Å². The topological polar surface area (TPSA) is 26.3 Å². The largest absolute Gasteiger partial charge is 0.452 e. The fourth-order valence-electron chi connectivity index (χ4n) is 3.91. The second kappa shape index (κ2) is 4.02. The molecule has 0 aromatic carbocycles. The highest BCUT2D eigenvalue weighted by atomic mass is 79.9. The fraction of sp³-hybridized carbons (Fsp3) is 0.769. The molecule has 0 amide bonds. The molecule has 0 spiro atoms. The molecule has 3 rings (SSSR count). The first-order chi connectivity index (χ1) is 8.36. The SMILES string of the molecule is CC1C=C2C3CC(C1)CC3C2OC(=O)C(F)(F)Br. The van der Waals surface area contributed by atoms with E-state index in [1.54, 1.807) is 0 Å². The van der Waals surface area contributed by atoms with E-state index < -0.39 is 16.9 Å². The molecule has 0 radical (unpaired) electrons. The molecule has 0 heterocycles. The number of allylic oxidation sites excluding steroid dienone is 1. The number of fused-ring (bicyclic) bond motifs is 1. The maximum absolute atomic E-state index is 12.8. The molecular weight excluding hydrogens is 306 g/mol. The highest BCUT2D eigenvalue weighted by molar-refractivity contribution is 9.10. The monoisotopic (exact) mass is 320 g/mol. The third kappa shape index (κ3) is 1.91. The van der Waals surface area contributed by atoms with Crippen molar-refractivity contribution in [2.75, 3.05) is 0 Å². The summed E-state index contributed by atoms with van der Waals surface area (Å²) in [4.78, 5) is 7.68. The molecule has 0 saturated heterocycles. The van der Waals surface area contributed by atoms with Crippen molar-refractivity contribution in [3.63, 3.8) is 0 Å². The number of rotatable bonds is 2. The summed E-state index contributed by atoms with van der Waals surface area (Å²) in [7, 11) is 0. The van der Waals surface area contributed by atoms with Crippen LogP contribution in [0.25, 0.3) is 0 Å². The van der Waals surface area contributed by atoms with Gasteiger partial charge in [0.05, 0.1) is 0 Å². The molecule has 2 bridgehead atoms. The van der Waals surface area contributed by atoms with Crippen LogP contribution in [0.4, 0.5) is 8.78 Å². The first-order valence-electron chi connectivity index (χ1n) is 6.35. The van der Waals surface area contributed by atoms with Crippen LogP contribution in [0.3, 0.4) is 0 Å². The molecule has 2 fully saturated rings. The minimum atomic E-state index is -3.57. The van der Waals surface area contributed by atoms with Crippen LogP contribution in [-0.2, 0) is 9.53 Å². The van der Waals surface area contributed by atoms with Gasteiger partial charge in [-0.3, -0.25) is 0 Å². The van der Waals surface area contributed by atoms with Crippen LogP contribution in [0, 0.1) is 23.7 Å². The minimum Gasteiger partial charge on any atom is -0.452 e. The number of hydrogen-bond acceptors (Lipinski definition) is 2. The molecule has 0 aromatic heterocycles. The van der Waals surface area contributed by atoms with Gasteiger partial charge in [-0.15, -0.1) is 0 Å². The average Bonchev–Trinajstić information content (AvgIpc) is 2.52. The van der Waals surface area contributed by atoms with E-state index in [-0.39, 0.29) is 5.92 Å². The van der Waals surface area contributed by atoms with Gasteiger partial charge in [0.2, 0.25) is 0 Å². The van der Waals surface area contributed by atoms with E-state index in [0.717, 1.165) is 18.4 Å². The lowest BCUT2D eigenvalue weighted by Gasteiger charge is -2.43. The van der Waals surface area contributed by atoms with Gasteiger partial charge in [-0.25, -0.2) is 4.79 Å². The maximum atomic E-state index is 12.8. The van der Waals surface area contributed by atoms with Crippen LogP contribution in [0.2, 0.25) is 0 Å². The smallest absolute Gasteiger partial charge is 0.396 e. The molecule has 100 valence electrons. The number of carbonyl (C=O) groups excluding carboxylic acids is 1. The number of carbonyl (C=O) groups is 1. The van der Waals surface area contributed by atoms with Gasteiger partial charge in [-0.2, -0.15) is 8.78 Å². The van der Waals surface area contributed by atoms with Crippen molar-refractivity contribution in [1.29, 1.82) is 0 Å². The Kier molecular flexibility index (Phi) is 2.81. The Morgan fingerprint density at radius 2 is 2.17 bits per heavy atom. The normalized spacial score (nSPS) is 41.8. The Hall–Kier alpha value is -0.450. The second-order valence-electron chi connectivity index (χ2n) is 5.81. The zero-order valence-corrected chi connectivity index (χ0v) is 11.6. The Morgan fingerprint density at radius 3 is 2.83 bits per heavy atom. The summed E-state index contributed by atoms with van der Waals surface area (Å²) < 4.78 is 30.6. The molecule has 18 heavy (non-hydrogen) atoms. The molecule has 5 unspecified atom stereocenters. The number of halogens is 3. The minimum absolute atomic E-state index is 0.271. The van der Waals surface area contributed by atoms with Crippen molar-refractivity contribution in [2.24, 2.45) is 23.7 Å². The molecular formula is C13H15BrF2O2. The molecule has 0 aliphatic heterocycles. The molecule has 2 saturated carbocycles. The average molecular weight is 321 g/mol. The van der Waals surface area contributed by atoms with Crippen LogP contribution >= 0.6 is 15.9 Å². The highest BCUT2D eigenvalue weighted by Crippen LogP contribution is 2.58. The third-order valence-corrected chi connectivity index (χ3v) is 4.83. The zero-order valence-electron chi connectivity index (χ0n) is 10.0. The first-order valence-corrected chi connectivity index (χ1v) is 7.15. The van der Waals surface area contributed by atoms with Gasteiger partial charge in [-0.1, -0.05) is 13.0 Å². The Bertz CT molecular complexity index is 416. The van der Waals surface area contributed by atoms with Gasteiger partial charge in [0.25, 0.3) is 0 Å². The summed E-state index contributed by atoms with van der Waals surface area (Å²) in [6, 6.07) is 0. The predicted octanol–water partition coefficient (Wildman–Crippen LogP) is 3.51. The molecule has 2 nitrogen and oxygen atoms in total. The van der Waals surface area contributed by atoms with Gasteiger partial charge in [0, 0.05) is 21.8 Å². The van der Waals surface area contributed by atoms with E-state index in [4.69, 9.17) is 4.74 Å². The highest BCUT2D eigenvalue weighted by Gasteiger charge is 2.56. The Labute approximate surface area is 113 Å². The van der Waals surface area contributed by atoms with E-state index in [1.807, 2.05) is 0 Å². The number of hydrogen-bond donors (Lipinski definition) is 0. The van der Waals surface area contributed by atoms with Crippen molar-refractivity contribution in [3.8, 4) is 0 Å². The lowest BCUT2D eigenvalue weighted by molar-refractivity contribution is -0.170. The van der Waals surface area contributed by atoms with Gasteiger partial charge in [-0.05, 0) is 42.6 Å². The maximum Gasteiger partial charge on any atom is 0.396 e. The van der Waals surface area contributed by atoms with Crippen molar-refractivity contribution < 1.29 is 18.3 Å². The summed E-state index contributed by atoms with van der Waals surface area (Å²) in [5.74, 6) is 0.404. The molecule has 0 N–H and O–H groups in total. The lowest BCUT2D eigenvalue weighted by Crippen LogP contribution is -2.46. The summed E-state index contributed by atoms with van der Waals surface area (Å²) in [5, 5.41) is 0. The fourth-order valence-corrected chi connectivity index (χ4v) is 4.00. The summed E-state index contributed by atoms with van der Waals surface area (Å²) >= 11 is 2.05. The molecule has 3 aliphatic rings. The number of alkyl halides is 3. The van der Waals surface area contributed by atoms with E-state index in [1.165, 1.54) is 6.42 Å². The van der Waals surface area contributed by atoms with E-state index in [0.29, 0.717) is 17.8 Å². The molecule has 5 atom stereocenters. The predicted molar refractivity (Wildman–Crippen MR) is 65.3 cm³/mol. The van der Waals surface area contributed by atoms with Crippen molar-refractivity contribution in [2.45, 2.75) is 37.1 Å². The van der Waals surface area contributed by atoms with E-state index >= 15 is 0 Å². The Morgan fingerprint density at radius 1 is 1.44 bits per heavy atom. The second-order valence-corrected chi connectivity index (χ2v) is 6.81. The third-order valence-electron chi connectivity index (χ3n) is 4.50. The summed E-state index contributed by atoms with van der Waals surface area (Å²) in [6.07, 6.45) is 5.05. The van der Waals surface area contributed by atoms with Crippen molar-refractivity contribution in [3.05, 3.63) is 11.6 Å². The van der Waals surface area contributed by atoms with Crippen LogP contribution in [0.1, 0.15) is 26.2 Å². The summed E-state index contributed by atoms with van der Waals surface area (Å²) in [6.45, 7) is 2.14. The molecule has 3 aliphatic carbocycles. The standard InChI is InChI=1S/C13H15BrF2O2/c1-6-2-7-4-8-9(3-6)11(10(8)5-7)18-12(17)13(14,15)16/h3,6-8,10-11H,2,4-5H2,1H3. The quantitative estimate of drug-likeness (QED) is 0.442. The van der Waals surface area contributed by atoms with Crippen LogP contribution in [0.5, 0.6) is 0 Å². The summed E-state index contributed by atoms with van der Waals surface area (Å²) in [5.41, 5.74) is 1.08. The first kappa shape index (κ1) is 12.6. The zero-order chi connectivity index (χ0) is 13.1. The molecule has 5 heteroatoms. The van der Waals surface area contributed by atoms with Gasteiger partial charge >= 0.3 is 10.8 Å². The van der Waals surface area contributed by atoms with E-state index in [2.05, 4.69) is 28.9 Å². The van der Waals surface area contributed by atoms with Gasteiger partial charge in [0.15, 0.2) is 0 Å². The molecule has 0 aromatic rings. The van der Waals surface area contributed by atoms with Gasteiger partial charge in [0.1, 0.15) is 6.10 Å². The van der Waals surface area contributed by atoms with Crippen LogP contribution in [0.15, 0.2) is 11.6 Å².